The van der Waals surface area contributed by atoms with E-state index in [1.807, 2.05) is 13.8 Å². The van der Waals surface area contributed by atoms with Gasteiger partial charge in [0.05, 0.1) is 0 Å². The van der Waals surface area contributed by atoms with Gasteiger partial charge in [-0.05, 0) is 13.8 Å². The van der Waals surface area contributed by atoms with Crippen LogP contribution in [0.25, 0.3) is 0 Å². The minimum atomic E-state index is -4.67. The third-order valence-electron chi connectivity index (χ3n) is 0. The van der Waals surface area contributed by atoms with Gasteiger partial charge in [-0.2, -0.15) is 8.42 Å². The second kappa shape index (κ2) is 7.71. The van der Waals surface area contributed by atoms with E-state index in [-0.39, 0.29) is 29.6 Å². The molecule has 0 aromatic carbocycles. The Morgan fingerprint density at radius 3 is 1.30 bits per heavy atom. The van der Waals surface area contributed by atoms with E-state index in [9.17, 15) is 0 Å². The molecule has 0 aliphatic heterocycles. The van der Waals surface area contributed by atoms with Gasteiger partial charge in [0.15, 0.2) is 0 Å². The molecule has 10 heavy (non-hydrogen) atoms. The molecule has 0 heterocycles. The van der Waals surface area contributed by atoms with Crippen molar-refractivity contribution in [2.75, 3.05) is 0 Å². The Morgan fingerprint density at radius 1 is 1.30 bits per heavy atom. The molecular formula is C4H11NaO4S. The first-order valence-corrected chi connectivity index (χ1v) is 3.45. The summed E-state index contributed by atoms with van der Waals surface area (Å²) < 4.78 is 31.6. The van der Waals surface area contributed by atoms with Crippen LogP contribution in [0.15, 0.2) is 12.2 Å². The Balaban J connectivity index is -0.0000000910. The van der Waals surface area contributed by atoms with Crippen LogP contribution in [0, 0.1) is 0 Å². The second-order valence-electron chi connectivity index (χ2n) is 1.65. The van der Waals surface area contributed by atoms with Crippen LogP contribution in [0.3, 0.4) is 0 Å². The van der Waals surface area contributed by atoms with Crippen molar-refractivity contribution in [3.63, 3.8) is 0 Å². The predicted octanol–water partition coefficient (Wildman–Crippen LogP) is 0.281. The molecule has 0 atom stereocenters. The van der Waals surface area contributed by atoms with Crippen molar-refractivity contribution >= 4 is 40.0 Å². The molecule has 0 saturated heterocycles. The molecule has 0 aromatic rings. The first-order valence-electron chi connectivity index (χ1n) is 2.05. The average Bonchev–Trinajstić information content (AvgIpc) is 1.19. The fourth-order valence-electron chi connectivity index (χ4n) is 0. The maximum atomic E-state index is 8.74. The van der Waals surface area contributed by atoms with E-state index in [2.05, 4.69) is 6.58 Å². The van der Waals surface area contributed by atoms with Gasteiger partial charge < -0.3 is 0 Å². The van der Waals surface area contributed by atoms with Gasteiger partial charge in [0.25, 0.3) is 0 Å². The van der Waals surface area contributed by atoms with Gasteiger partial charge in [-0.25, -0.2) is 0 Å². The fourth-order valence-corrected chi connectivity index (χ4v) is 0. The third kappa shape index (κ3) is 1340. The molecule has 0 rings (SSSR count). The number of hydrogen-bond donors (Lipinski definition) is 2. The van der Waals surface area contributed by atoms with Crippen LogP contribution in [0.4, 0.5) is 0 Å². The van der Waals surface area contributed by atoms with E-state index in [4.69, 9.17) is 17.5 Å². The van der Waals surface area contributed by atoms with Crippen molar-refractivity contribution in [3.05, 3.63) is 12.2 Å². The molecule has 0 unspecified atom stereocenters. The molecular weight excluding hydrogens is 167 g/mol. The van der Waals surface area contributed by atoms with Crippen molar-refractivity contribution in [1.29, 1.82) is 0 Å². The van der Waals surface area contributed by atoms with Crippen molar-refractivity contribution in [1.82, 2.24) is 0 Å². The van der Waals surface area contributed by atoms with Crippen LogP contribution in [0.1, 0.15) is 13.8 Å². The van der Waals surface area contributed by atoms with Gasteiger partial charge in [0, 0.05) is 0 Å². The molecule has 4 nitrogen and oxygen atoms in total. The Hall–Kier alpha value is 0.610. The molecule has 0 aliphatic rings. The summed E-state index contributed by atoms with van der Waals surface area (Å²) in [7, 11) is -4.67. The molecule has 0 aliphatic carbocycles. The van der Waals surface area contributed by atoms with Crippen molar-refractivity contribution in [2.45, 2.75) is 13.8 Å². The van der Waals surface area contributed by atoms with Crippen molar-refractivity contribution in [2.24, 2.45) is 0 Å². The van der Waals surface area contributed by atoms with E-state index in [1.54, 1.807) is 0 Å². The molecule has 0 spiro atoms. The van der Waals surface area contributed by atoms with Crippen LogP contribution in [0.5, 0.6) is 0 Å². The van der Waals surface area contributed by atoms with Crippen LogP contribution in [-0.2, 0) is 10.4 Å². The zero-order valence-electron chi connectivity index (χ0n) is 5.33. The van der Waals surface area contributed by atoms with Crippen LogP contribution >= 0.6 is 0 Å². The van der Waals surface area contributed by atoms with Crippen LogP contribution in [-0.4, -0.2) is 47.1 Å². The van der Waals surface area contributed by atoms with E-state index < -0.39 is 10.4 Å². The fraction of sp³-hybridized carbons (Fsp3) is 0.500. The van der Waals surface area contributed by atoms with Gasteiger partial charge >= 0.3 is 40.0 Å². The van der Waals surface area contributed by atoms with E-state index in [0.717, 1.165) is 0 Å². The summed E-state index contributed by atoms with van der Waals surface area (Å²) in [5.74, 6) is 0. The summed E-state index contributed by atoms with van der Waals surface area (Å²) in [6.45, 7) is 7.50. The number of allylic oxidation sites excluding steroid dienone is 1. The normalized spacial score (nSPS) is 8.40. The maximum absolute atomic E-state index is 8.74. The molecule has 0 saturated carbocycles. The third-order valence-corrected chi connectivity index (χ3v) is 0. The topological polar surface area (TPSA) is 74.6 Å². The van der Waals surface area contributed by atoms with Crippen LogP contribution in [0.2, 0.25) is 0 Å². The van der Waals surface area contributed by atoms with Gasteiger partial charge in [0.2, 0.25) is 0 Å². The standard InChI is InChI=1S/C4H8.Na.H2O4S.H/c1-4(2)3;;1-5(2,3)4;/h1H2,2-3H3;;(H2,1,2,3,4);. The first-order chi connectivity index (χ1) is 3.73. The van der Waals surface area contributed by atoms with Crippen molar-refractivity contribution < 1.29 is 17.5 Å². The summed E-state index contributed by atoms with van der Waals surface area (Å²) in [5, 5.41) is 0. The van der Waals surface area contributed by atoms with E-state index in [1.165, 1.54) is 5.57 Å². The van der Waals surface area contributed by atoms with Crippen molar-refractivity contribution in [3.8, 4) is 0 Å². The molecule has 58 valence electrons. The average molecular weight is 178 g/mol. The Labute approximate surface area is 83.2 Å². The molecule has 2 N–H and O–H groups in total. The molecule has 0 fully saturated rings. The van der Waals surface area contributed by atoms with Gasteiger partial charge in [-0.3, -0.25) is 9.11 Å². The summed E-state index contributed by atoms with van der Waals surface area (Å²) in [6.07, 6.45) is 0. The Kier molecular flexibility index (Phi) is 13.1. The summed E-state index contributed by atoms with van der Waals surface area (Å²) in [6, 6.07) is 0. The van der Waals surface area contributed by atoms with Crippen LogP contribution < -0.4 is 0 Å². The quantitative estimate of drug-likeness (QED) is 0.317. The number of hydrogen-bond acceptors (Lipinski definition) is 2. The van der Waals surface area contributed by atoms with Gasteiger partial charge in [0.1, 0.15) is 0 Å². The molecule has 0 bridgehead atoms. The molecule has 0 aromatic heterocycles. The minimum absolute atomic E-state index is 0. The van der Waals surface area contributed by atoms with E-state index >= 15 is 0 Å². The van der Waals surface area contributed by atoms with E-state index in [0.29, 0.717) is 0 Å². The Bertz CT molecular complexity index is 160. The summed E-state index contributed by atoms with van der Waals surface area (Å²) in [5.41, 5.74) is 1.17. The second-order valence-corrected chi connectivity index (χ2v) is 2.55. The SMILES string of the molecule is C=C(C)C.O=S(=O)(O)O.[NaH]. The molecule has 6 heteroatoms. The molecule has 0 amide bonds. The summed E-state index contributed by atoms with van der Waals surface area (Å²) >= 11 is 0. The van der Waals surface area contributed by atoms with Gasteiger partial charge in [-0.1, -0.05) is 5.57 Å². The monoisotopic (exact) mass is 178 g/mol. The molecule has 0 radical (unpaired) electrons. The van der Waals surface area contributed by atoms with Gasteiger partial charge in [-0.15, -0.1) is 6.58 Å². The number of rotatable bonds is 0. The summed E-state index contributed by atoms with van der Waals surface area (Å²) in [4.78, 5) is 0. The predicted molar refractivity (Wildman–Crippen MR) is 41.8 cm³/mol. The first kappa shape index (κ1) is 16.9. The Morgan fingerprint density at radius 2 is 1.30 bits per heavy atom. The zero-order valence-corrected chi connectivity index (χ0v) is 6.14. The zero-order chi connectivity index (χ0) is 8.08.